The number of amides is 1. The Hall–Kier alpha value is -2.14. The number of carbonyl (C=O) groups excluding carboxylic acids is 1. The molecule has 0 atom stereocenters. The highest BCUT2D eigenvalue weighted by Gasteiger charge is 2.14. The highest BCUT2D eigenvalue weighted by molar-refractivity contribution is 6.31. The molecule has 0 bridgehead atoms. The number of anilines is 2. The molecule has 2 rings (SSSR count). The highest BCUT2D eigenvalue weighted by atomic mass is 35.5. The van der Waals surface area contributed by atoms with Crippen LogP contribution in [-0.2, 0) is 0 Å². The predicted octanol–water partition coefficient (Wildman–Crippen LogP) is 3.87. The van der Waals surface area contributed by atoms with E-state index in [0.29, 0.717) is 23.1 Å². The SMILES string of the molecule is CCNc1ncc(F)cc1C(=O)Nc1ccc(C)c(Cl)c1. The lowest BCUT2D eigenvalue weighted by molar-refractivity contribution is 0.102. The van der Waals surface area contributed by atoms with Gasteiger partial charge < -0.3 is 10.6 Å². The van der Waals surface area contributed by atoms with Gasteiger partial charge in [0.25, 0.3) is 5.91 Å². The Bertz CT molecular complexity index is 676. The zero-order valence-electron chi connectivity index (χ0n) is 11.7. The van der Waals surface area contributed by atoms with Crippen LogP contribution >= 0.6 is 11.6 Å². The summed E-state index contributed by atoms with van der Waals surface area (Å²) in [4.78, 5) is 16.1. The molecule has 0 spiro atoms. The second-order valence-electron chi connectivity index (χ2n) is 4.50. The number of carbonyl (C=O) groups is 1. The Morgan fingerprint density at radius 2 is 2.14 bits per heavy atom. The van der Waals surface area contributed by atoms with E-state index in [-0.39, 0.29) is 5.56 Å². The van der Waals surface area contributed by atoms with Crippen molar-refractivity contribution in [3.63, 3.8) is 0 Å². The average molecular weight is 308 g/mol. The number of hydrogen-bond donors (Lipinski definition) is 2. The Morgan fingerprint density at radius 1 is 1.38 bits per heavy atom. The van der Waals surface area contributed by atoms with Crippen LogP contribution in [0.5, 0.6) is 0 Å². The molecule has 0 unspecified atom stereocenters. The number of aryl methyl sites for hydroxylation is 1. The number of benzene rings is 1. The van der Waals surface area contributed by atoms with Crippen molar-refractivity contribution >= 4 is 29.0 Å². The van der Waals surface area contributed by atoms with Crippen molar-refractivity contribution in [3.8, 4) is 0 Å². The molecule has 0 aliphatic rings. The van der Waals surface area contributed by atoms with E-state index in [1.807, 2.05) is 13.8 Å². The van der Waals surface area contributed by atoms with E-state index in [1.54, 1.807) is 18.2 Å². The molecule has 0 aliphatic heterocycles. The van der Waals surface area contributed by atoms with Crippen LogP contribution in [-0.4, -0.2) is 17.4 Å². The Labute approximate surface area is 127 Å². The monoisotopic (exact) mass is 307 g/mol. The van der Waals surface area contributed by atoms with Gasteiger partial charge in [-0.3, -0.25) is 4.79 Å². The van der Waals surface area contributed by atoms with Crippen molar-refractivity contribution in [1.29, 1.82) is 0 Å². The van der Waals surface area contributed by atoms with E-state index in [1.165, 1.54) is 0 Å². The summed E-state index contributed by atoms with van der Waals surface area (Å²) in [6.07, 6.45) is 1.07. The summed E-state index contributed by atoms with van der Waals surface area (Å²) in [6.45, 7) is 4.31. The Morgan fingerprint density at radius 3 is 2.81 bits per heavy atom. The van der Waals surface area contributed by atoms with Gasteiger partial charge in [0.05, 0.1) is 11.8 Å². The second-order valence-corrected chi connectivity index (χ2v) is 4.91. The fraction of sp³-hybridized carbons (Fsp3) is 0.200. The van der Waals surface area contributed by atoms with Gasteiger partial charge in [-0.1, -0.05) is 17.7 Å². The van der Waals surface area contributed by atoms with E-state index in [0.717, 1.165) is 17.8 Å². The molecule has 1 amide bonds. The lowest BCUT2D eigenvalue weighted by Crippen LogP contribution is -2.16. The van der Waals surface area contributed by atoms with Crippen LogP contribution < -0.4 is 10.6 Å². The first kappa shape index (κ1) is 15.3. The number of aromatic nitrogens is 1. The molecule has 0 saturated heterocycles. The molecular weight excluding hydrogens is 293 g/mol. The first-order valence-electron chi connectivity index (χ1n) is 6.48. The summed E-state index contributed by atoms with van der Waals surface area (Å²) >= 11 is 6.01. The lowest BCUT2D eigenvalue weighted by Gasteiger charge is -2.11. The third-order valence-corrected chi connectivity index (χ3v) is 3.28. The molecule has 4 nitrogen and oxygen atoms in total. The molecule has 1 heterocycles. The van der Waals surface area contributed by atoms with Crippen molar-refractivity contribution in [2.24, 2.45) is 0 Å². The maximum atomic E-state index is 13.3. The van der Waals surface area contributed by atoms with Crippen LogP contribution in [0.4, 0.5) is 15.9 Å². The Balaban J connectivity index is 2.27. The average Bonchev–Trinajstić information content (AvgIpc) is 2.45. The van der Waals surface area contributed by atoms with Crippen molar-refractivity contribution in [2.45, 2.75) is 13.8 Å². The summed E-state index contributed by atoms with van der Waals surface area (Å²) in [6, 6.07) is 6.33. The minimum Gasteiger partial charge on any atom is -0.370 e. The molecule has 0 saturated carbocycles. The predicted molar refractivity (Wildman–Crippen MR) is 82.5 cm³/mol. The fourth-order valence-electron chi connectivity index (χ4n) is 1.79. The summed E-state index contributed by atoms with van der Waals surface area (Å²) in [7, 11) is 0. The van der Waals surface area contributed by atoms with Crippen molar-refractivity contribution in [1.82, 2.24) is 4.98 Å². The summed E-state index contributed by atoms with van der Waals surface area (Å²) in [5.41, 5.74) is 1.60. The maximum absolute atomic E-state index is 13.3. The van der Waals surface area contributed by atoms with Crippen LogP contribution in [0.15, 0.2) is 30.5 Å². The minimum atomic E-state index is -0.566. The maximum Gasteiger partial charge on any atom is 0.259 e. The van der Waals surface area contributed by atoms with Crippen LogP contribution in [0.3, 0.4) is 0 Å². The largest absolute Gasteiger partial charge is 0.370 e. The zero-order valence-corrected chi connectivity index (χ0v) is 12.5. The van der Waals surface area contributed by atoms with Gasteiger partial charge in [0, 0.05) is 17.3 Å². The molecule has 1 aromatic carbocycles. The fourth-order valence-corrected chi connectivity index (χ4v) is 1.97. The van der Waals surface area contributed by atoms with Gasteiger partial charge >= 0.3 is 0 Å². The van der Waals surface area contributed by atoms with Crippen molar-refractivity contribution < 1.29 is 9.18 Å². The minimum absolute atomic E-state index is 0.147. The molecule has 0 aliphatic carbocycles. The first-order chi connectivity index (χ1) is 10.0. The van der Waals surface area contributed by atoms with E-state index in [2.05, 4.69) is 15.6 Å². The topological polar surface area (TPSA) is 54.0 Å². The quantitative estimate of drug-likeness (QED) is 0.901. The van der Waals surface area contributed by atoms with Crippen LogP contribution in [0.25, 0.3) is 0 Å². The molecular formula is C15H15ClFN3O. The van der Waals surface area contributed by atoms with E-state index in [9.17, 15) is 9.18 Å². The summed E-state index contributed by atoms with van der Waals surface area (Å²) < 4.78 is 13.3. The summed E-state index contributed by atoms with van der Waals surface area (Å²) in [5.74, 6) is -0.670. The van der Waals surface area contributed by atoms with Crippen LogP contribution in [0, 0.1) is 12.7 Å². The van der Waals surface area contributed by atoms with Crippen LogP contribution in [0.1, 0.15) is 22.8 Å². The molecule has 0 fully saturated rings. The van der Waals surface area contributed by atoms with Gasteiger partial charge in [0.15, 0.2) is 0 Å². The highest BCUT2D eigenvalue weighted by Crippen LogP contribution is 2.21. The van der Waals surface area contributed by atoms with E-state index in [4.69, 9.17) is 11.6 Å². The number of rotatable bonds is 4. The van der Waals surface area contributed by atoms with Gasteiger partial charge in [-0.15, -0.1) is 0 Å². The molecule has 21 heavy (non-hydrogen) atoms. The molecule has 1 aromatic heterocycles. The third-order valence-electron chi connectivity index (χ3n) is 2.87. The molecule has 110 valence electrons. The number of nitrogens with zero attached hydrogens (tertiary/aromatic N) is 1. The van der Waals surface area contributed by atoms with E-state index >= 15 is 0 Å². The number of nitrogens with one attached hydrogen (secondary N) is 2. The van der Waals surface area contributed by atoms with Gasteiger partial charge in [-0.05, 0) is 37.6 Å². The van der Waals surface area contributed by atoms with E-state index < -0.39 is 11.7 Å². The normalized spacial score (nSPS) is 10.3. The summed E-state index contributed by atoms with van der Waals surface area (Å²) in [5, 5.41) is 6.16. The molecule has 2 N–H and O–H groups in total. The third kappa shape index (κ3) is 3.70. The lowest BCUT2D eigenvalue weighted by atomic mass is 10.2. The van der Waals surface area contributed by atoms with Gasteiger partial charge in [-0.2, -0.15) is 0 Å². The van der Waals surface area contributed by atoms with Gasteiger partial charge in [0.2, 0.25) is 0 Å². The van der Waals surface area contributed by atoms with Crippen molar-refractivity contribution in [3.05, 3.63) is 52.4 Å². The molecule has 0 radical (unpaired) electrons. The second kappa shape index (κ2) is 6.54. The number of halogens is 2. The number of pyridine rings is 1. The van der Waals surface area contributed by atoms with Gasteiger partial charge in [-0.25, -0.2) is 9.37 Å². The first-order valence-corrected chi connectivity index (χ1v) is 6.86. The molecule has 2 aromatic rings. The van der Waals surface area contributed by atoms with Gasteiger partial charge in [0.1, 0.15) is 11.6 Å². The standard InChI is InChI=1S/C15H15ClFN3O/c1-3-18-14-12(6-10(17)8-19-14)15(21)20-11-5-4-9(2)13(16)7-11/h4-8H,3H2,1-2H3,(H,18,19)(H,20,21). The van der Waals surface area contributed by atoms with Crippen molar-refractivity contribution in [2.75, 3.05) is 17.2 Å². The molecule has 6 heteroatoms. The number of hydrogen-bond acceptors (Lipinski definition) is 3. The zero-order chi connectivity index (χ0) is 15.4. The smallest absolute Gasteiger partial charge is 0.259 e. The van der Waals surface area contributed by atoms with Crippen LogP contribution in [0.2, 0.25) is 5.02 Å². The Kier molecular flexibility index (Phi) is 4.75.